The van der Waals surface area contributed by atoms with Crippen LogP contribution in [0.1, 0.15) is 5.56 Å². The summed E-state index contributed by atoms with van der Waals surface area (Å²) < 4.78 is 1.79. The van der Waals surface area contributed by atoms with Gasteiger partial charge in [0.05, 0.1) is 17.8 Å². The van der Waals surface area contributed by atoms with E-state index in [2.05, 4.69) is 20.9 Å². The summed E-state index contributed by atoms with van der Waals surface area (Å²) in [6.07, 6.45) is 1.27. The van der Waals surface area contributed by atoms with Gasteiger partial charge in [0.15, 0.2) is 5.15 Å². The quantitative estimate of drug-likeness (QED) is 0.514. The summed E-state index contributed by atoms with van der Waals surface area (Å²) in [5, 5.41) is 10.6. The highest BCUT2D eigenvalue weighted by molar-refractivity contribution is 9.10. The molecule has 1 aromatic heterocycles. The Balaban J connectivity index is 2.38. The number of halogens is 2. The molecule has 0 radical (unpaired) electrons. The first-order valence-electron chi connectivity index (χ1n) is 5.33. The zero-order valence-corrected chi connectivity index (χ0v) is 12.3. The van der Waals surface area contributed by atoms with Crippen LogP contribution in [-0.2, 0) is 6.54 Å². The lowest BCUT2D eigenvalue weighted by atomic mass is 10.2. The molecule has 2 aromatic rings. The van der Waals surface area contributed by atoms with Crippen LogP contribution in [0, 0.1) is 10.1 Å². The molecule has 0 atom stereocenters. The molecular formula is C11H8BrClN4O3. The van der Waals surface area contributed by atoms with Gasteiger partial charge in [0, 0.05) is 16.6 Å². The molecule has 0 unspecified atom stereocenters. The maximum Gasteiger partial charge on any atom is 0.278 e. The third kappa shape index (κ3) is 2.81. The van der Waals surface area contributed by atoms with Gasteiger partial charge in [-0.05, 0) is 11.6 Å². The number of non-ortho nitro benzene ring substituents is 1. The molecule has 7 nitrogen and oxygen atoms in total. The van der Waals surface area contributed by atoms with Gasteiger partial charge in [0.2, 0.25) is 0 Å². The van der Waals surface area contributed by atoms with Crippen molar-refractivity contribution in [3.63, 3.8) is 0 Å². The van der Waals surface area contributed by atoms with E-state index in [1.807, 2.05) is 0 Å². The minimum atomic E-state index is -0.497. The molecule has 0 bridgehead atoms. The van der Waals surface area contributed by atoms with Crippen LogP contribution in [0.2, 0.25) is 5.15 Å². The lowest BCUT2D eigenvalue weighted by Crippen LogP contribution is -2.24. The van der Waals surface area contributed by atoms with Gasteiger partial charge >= 0.3 is 0 Å². The fraction of sp³-hybridized carbons (Fsp3) is 0.0909. The second kappa shape index (κ2) is 5.59. The number of nitrogens with zero attached hydrogens (tertiary/aromatic N) is 3. The Kier molecular flexibility index (Phi) is 4.05. The summed E-state index contributed by atoms with van der Waals surface area (Å²) >= 11 is 8.88. The van der Waals surface area contributed by atoms with Gasteiger partial charge in [-0.2, -0.15) is 0 Å². The molecule has 2 N–H and O–H groups in total. The van der Waals surface area contributed by atoms with Gasteiger partial charge < -0.3 is 5.73 Å². The Morgan fingerprint density at radius 3 is 2.80 bits per heavy atom. The first-order chi connectivity index (χ1) is 9.40. The third-order valence-electron chi connectivity index (χ3n) is 2.61. The van der Waals surface area contributed by atoms with Crippen molar-refractivity contribution in [1.82, 2.24) is 9.55 Å². The molecule has 9 heteroatoms. The van der Waals surface area contributed by atoms with Gasteiger partial charge in [-0.15, -0.1) is 0 Å². The van der Waals surface area contributed by atoms with Crippen molar-refractivity contribution in [3.05, 3.63) is 60.2 Å². The topological polar surface area (TPSA) is 104 Å². The van der Waals surface area contributed by atoms with Crippen molar-refractivity contribution in [2.45, 2.75) is 6.54 Å². The number of hydrogen-bond donors (Lipinski definition) is 1. The maximum absolute atomic E-state index is 11.9. The molecule has 0 aliphatic carbocycles. The van der Waals surface area contributed by atoms with E-state index in [4.69, 9.17) is 17.3 Å². The standard InChI is InChI=1S/C11H8BrClN4O3/c12-8-3-7(17(19)20)2-1-6(8)4-16-5-15-10(13)9(14)11(16)18/h1-3,5H,4,14H2. The van der Waals surface area contributed by atoms with Gasteiger partial charge in [-0.25, -0.2) is 4.98 Å². The van der Waals surface area contributed by atoms with Crippen LogP contribution in [0.5, 0.6) is 0 Å². The Morgan fingerprint density at radius 1 is 1.50 bits per heavy atom. The van der Waals surface area contributed by atoms with E-state index in [-0.39, 0.29) is 23.1 Å². The monoisotopic (exact) mass is 358 g/mol. The van der Waals surface area contributed by atoms with E-state index in [9.17, 15) is 14.9 Å². The van der Waals surface area contributed by atoms with E-state index in [1.165, 1.54) is 23.0 Å². The molecule has 0 aliphatic rings. The van der Waals surface area contributed by atoms with Crippen molar-refractivity contribution < 1.29 is 4.92 Å². The highest BCUT2D eigenvalue weighted by Gasteiger charge is 2.11. The summed E-state index contributed by atoms with van der Waals surface area (Å²) in [6, 6.07) is 4.28. The van der Waals surface area contributed by atoms with Crippen LogP contribution in [-0.4, -0.2) is 14.5 Å². The Hall–Kier alpha value is -1.93. The van der Waals surface area contributed by atoms with Crippen molar-refractivity contribution in [1.29, 1.82) is 0 Å². The molecule has 0 amide bonds. The number of nitrogens with two attached hydrogens (primary N) is 1. The van der Waals surface area contributed by atoms with Gasteiger partial charge in [0.1, 0.15) is 5.69 Å². The first kappa shape index (κ1) is 14.5. The Bertz CT molecular complexity index is 747. The molecule has 20 heavy (non-hydrogen) atoms. The van der Waals surface area contributed by atoms with Crippen LogP contribution < -0.4 is 11.3 Å². The lowest BCUT2D eigenvalue weighted by Gasteiger charge is -2.08. The van der Waals surface area contributed by atoms with Crippen molar-refractivity contribution in [2.24, 2.45) is 0 Å². The number of aromatic nitrogens is 2. The lowest BCUT2D eigenvalue weighted by molar-refractivity contribution is -0.384. The zero-order chi connectivity index (χ0) is 14.9. The minimum absolute atomic E-state index is 0.0401. The molecule has 0 fully saturated rings. The van der Waals surface area contributed by atoms with E-state index < -0.39 is 10.5 Å². The van der Waals surface area contributed by atoms with Gasteiger partial charge in [0.25, 0.3) is 11.2 Å². The number of rotatable bonds is 3. The van der Waals surface area contributed by atoms with E-state index in [0.717, 1.165) is 0 Å². The van der Waals surface area contributed by atoms with Crippen molar-refractivity contribution in [2.75, 3.05) is 5.73 Å². The summed E-state index contributed by atoms with van der Waals surface area (Å²) in [5.41, 5.74) is 5.56. The molecule has 0 saturated heterocycles. The summed E-state index contributed by atoms with van der Waals surface area (Å²) in [6.45, 7) is 0.172. The number of benzene rings is 1. The Labute approximate surface area is 126 Å². The van der Waals surface area contributed by atoms with E-state index in [1.54, 1.807) is 6.07 Å². The average Bonchev–Trinajstić information content (AvgIpc) is 2.41. The summed E-state index contributed by atoms with van der Waals surface area (Å²) in [7, 11) is 0. The van der Waals surface area contributed by atoms with Gasteiger partial charge in [-0.3, -0.25) is 19.5 Å². The second-order valence-electron chi connectivity index (χ2n) is 3.91. The predicted octanol–water partition coefficient (Wildman–Crippen LogP) is 2.20. The van der Waals surface area contributed by atoms with Crippen LogP contribution in [0.3, 0.4) is 0 Å². The number of nitro groups is 1. The average molecular weight is 360 g/mol. The summed E-state index contributed by atoms with van der Waals surface area (Å²) in [5.74, 6) is 0. The van der Waals surface area contributed by atoms with E-state index >= 15 is 0 Å². The van der Waals surface area contributed by atoms with Crippen LogP contribution >= 0.6 is 27.5 Å². The molecule has 1 aromatic carbocycles. The molecule has 2 rings (SSSR count). The van der Waals surface area contributed by atoms with Crippen LogP contribution in [0.4, 0.5) is 11.4 Å². The van der Waals surface area contributed by atoms with Crippen molar-refractivity contribution in [3.8, 4) is 0 Å². The van der Waals surface area contributed by atoms with E-state index in [0.29, 0.717) is 10.0 Å². The molecule has 0 spiro atoms. The zero-order valence-electron chi connectivity index (χ0n) is 9.92. The smallest absolute Gasteiger partial charge is 0.278 e. The number of anilines is 1. The fourth-order valence-electron chi connectivity index (χ4n) is 1.56. The number of nitrogen functional groups attached to an aromatic ring is 1. The Morgan fingerprint density at radius 2 is 2.20 bits per heavy atom. The van der Waals surface area contributed by atoms with Crippen LogP contribution in [0.15, 0.2) is 33.8 Å². The maximum atomic E-state index is 11.9. The second-order valence-corrected chi connectivity index (χ2v) is 5.13. The largest absolute Gasteiger partial charge is 0.392 e. The normalized spacial score (nSPS) is 10.5. The highest BCUT2D eigenvalue weighted by Crippen LogP contribution is 2.23. The van der Waals surface area contributed by atoms with Crippen molar-refractivity contribution >= 4 is 38.9 Å². The molecule has 104 valence electrons. The molecule has 0 saturated carbocycles. The predicted molar refractivity (Wildman–Crippen MR) is 77.8 cm³/mol. The number of nitro benzene ring substituents is 1. The van der Waals surface area contributed by atoms with Crippen LogP contribution in [0.25, 0.3) is 0 Å². The molecule has 1 heterocycles. The third-order valence-corrected chi connectivity index (χ3v) is 3.65. The fourth-order valence-corrected chi connectivity index (χ4v) is 2.18. The molecular weight excluding hydrogens is 352 g/mol. The minimum Gasteiger partial charge on any atom is -0.392 e. The first-order valence-corrected chi connectivity index (χ1v) is 6.50. The SMILES string of the molecule is Nc1c(Cl)ncn(Cc2ccc([N+](=O)[O-])cc2Br)c1=O. The van der Waals surface area contributed by atoms with Gasteiger partial charge in [-0.1, -0.05) is 27.5 Å². The highest BCUT2D eigenvalue weighted by atomic mass is 79.9. The number of hydrogen-bond acceptors (Lipinski definition) is 5. The summed E-state index contributed by atoms with van der Waals surface area (Å²) in [4.78, 5) is 25.8. The molecule has 0 aliphatic heterocycles.